The van der Waals surface area contributed by atoms with Crippen LogP contribution in [0.3, 0.4) is 0 Å². The number of nitrogens with one attached hydrogen (secondary N) is 1. The van der Waals surface area contributed by atoms with E-state index in [1.165, 1.54) is 36.4 Å². The Labute approximate surface area is 174 Å². The van der Waals surface area contributed by atoms with Crippen LogP contribution in [-0.4, -0.2) is 36.6 Å². The van der Waals surface area contributed by atoms with E-state index in [1.807, 2.05) is 0 Å². The number of fused-ring (bicyclic) bond motifs is 1. The molecule has 3 aromatic rings. The monoisotopic (exact) mass is 437 g/mol. The Balaban J connectivity index is 1.87. The highest BCUT2D eigenvalue weighted by Gasteiger charge is 2.32. The van der Waals surface area contributed by atoms with Gasteiger partial charge in [0.05, 0.1) is 12.2 Å². The highest BCUT2D eigenvalue weighted by atomic mass is 19.4. The summed E-state index contributed by atoms with van der Waals surface area (Å²) < 4.78 is 52.6. The second kappa shape index (κ2) is 9.09. The summed E-state index contributed by atoms with van der Waals surface area (Å²) in [5, 5.41) is 11.9. The van der Waals surface area contributed by atoms with E-state index in [0.29, 0.717) is 5.39 Å². The van der Waals surface area contributed by atoms with Crippen LogP contribution in [0.15, 0.2) is 57.7 Å². The summed E-state index contributed by atoms with van der Waals surface area (Å²) in [6, 6.07) is 10.7. The molecule has 0 bridgehead atoms. The van der Waals surface area contributed by atoms with E-state index < -0.39 is 29.7 Å². The SMILES string of the molecule is CC(CO)NC(=O)COc1ccc2cc(-c3ccccc3OC(F)(F)F)c(=O)oc2c1. The Kier molecular flexibility index (Phi) is 6.50. The van der Waals surface area contributed by atoms with Gasteiger partial charge in [0.2, 0.25) is 0 Å². The fraction of sp³-hybridized carbons (Fsp3) is 0.238. The average molecular weight is 437 g/mol. The topological polar surface area (TPSA) is 98.0 Å². The van der Waals surface area contributed by atoms with Gasteiger partial charge < -0.3 is 24.3 Å². The first-order valence-electron chi connectivity index (χ1n) is 9.12. The van der Waals surface area contributed by atoms with Gasteiger partial charge in [0.15, 0.2) is 6.61 Å². The van der Waals surface area contributed by atoms with Crippen LogP contribution in [0.5, 0.6) is 11.5 Å². The van der Waals surface area contributed by atoms with Crippen molar-refractivity contribution in [2.24, 2.45) is 0 Å². The number of alkyl halides is 3. The second-order valence-corrected chi connectivity index (χ2v) is 6.63. The van der Waals surface area contributed by atoms with Gasteiger partial charge in [-0.15, -0.1) is 13.2 Å². The van der Waals surface area contributed by atoms with E-state index >= 15 is 0 Å². The van der Waals surface area contributed by atoms with E-state index in [9.17, 15) is 22.8 Å². The number of hydrogen-bond acceptors (Lipinski definition) is 6. The predicted molar refractivity (Wildman–Crippen MR) is 105 cm³/mol. The molecule has 0 aliphatic heterocycles. The zero-order valence-corrected chi connectivity index (χ0v) is 16.2. The van der Waals surface area contributed by atoms with Crippen LogP contribution < -0.4 is 20.4 Å². The smallest absolute Gasteiger partial charge is 0.484 e. The van der Waals surface area contributed by atoms with Gasteiger partial charge in [0, 0.05) is 23.1 Å². The molecule has 0 radical (unpaired) electrons. The lowest BCUT2D eigenvalue weighted by molar-refractivity contribution is -0.274. The van der Waals surface area contributed by atoms with Crippen LogP contribution in [0.25, 0.3) is 22.1 Å². The van der Waals surface area contributed by atoms with Crippen LogP contribution in [0, 0.1) is 0 Å². The summed E-state index contributed by atoms with van der Waals surface area (Å²) >= 11 is 0. The third-order valence-corrected chi connectivity index (χ3v) is 4.16. The Morgan fingerprint density at radius 1 is 1.16 bits per heavy atom. The molecule has 7 nitrogen and oxygen atoms in total. The van der Waals surface area contributed by atoms with Crippen molar-refractivity contribution in [2.75, 3.05) is 13.2 Å². The molecule has 1 amide bonds. The molecular formula is C21H18F3NO6. The highest BCUT2D eigenvalue weighted by Crippen LogP contribution is 2.33. The summed E-state index contributed by atoms with van der Waals surface area (Å²) in [6.45, 7) is 1.09. The molecule has 1 atom stereocenters. The molecule has 1 aromatic heterocycles. The van der Waals surface area contributed by atoms with Crippen molar-refractivity contribution in [3.8, 4) is 22.6 Å². The van der Waals surface area contributed by atoms with Crippen LogP contribution in [0.2, 0.25) is 0 Å². The first-order valence-corrected chi connectivity index (χ1v) is 9.12. The maximum atomic E-state index is 12.7. The molecule has 0 fully saturated rings. The number of amides is 1. The number of ether oxygens (including phenoxy) is 2. The molecule has 10 heteroatoms. The van der Waals surface area contributed by atoms with Gasteiger partial charge >= 0.3 is 12.0 Å². The average Bonchev–Trinajstić information content (AvgIpc) is 2.71. The maximum absolute atomic E-state index is 12.7. The quantitative estimate of drug-likeness (QED) is 0.551. The van der Waals surface area contributed by atoms with E-state index in [2.05, 4.69) is 10.1 Å². The summed E-state index contributed by atoms with van der Waals surface area (Å²) in [6.07, 6.45) is -4.92. The first kappa shape index (κ1) is 22.2. The largest absolute Gasteiger partial charge is 0.573 e. The van der Waals surface area contributed by atoms with Crippen molar-refractivity contribution in [3.05, 3.63) is 59.0 Å². The molecule has 2 aromatic carbocycles. The van der Waals surface area contributed by atoms with Gasteiger partial charge in [-0.3, -0.25) is 4.79 Å². The van der Waals surface area contributed by atoms with Gasteiger partial charge in [-0.1, -0.05) is 18.2 Å². The Morgan fingerprint density at radius 3 is 2.61 bits per heavy atom. The number of aliphatic hydroxyl groups is 1. The Bertz CT molecular complexity index is 1140. The van der Waals surface area contributed by atoms with Gasteiger partial charge in [0.1, 0.15) is 17.1 Å². The fourth-order valence-electron chi connectivity index (χ4n) is 2.78. The van der Waals surface area contributed by atoms with Crippen molar-refractivity contribution < 1.29 is 37.0 Å². The summed E-state index contributed by atoms with van der Waals surface area (Å²) in [4.78, 5) is 24.2. The molecule has 3 rings (SSSR count). The molecular weight excluding hydrogens is 419 g/mol. The molecule has 0 saturated heterocycles. The number of halogens is 3. The van der Waals surface area contributed by atoms with Gasteiger partial charge in [-0.25, -0.2) is 4.79 Å². The number of para-hydroxylation sites is 1. The Hall–Kier alpha value is -3.53. The van der Waals surface area contributed by atoms with E-state index in [-0.39, 0.29) is 35.7 Å². The maximum Gasteiger partial charge on any atom is 0.573 e. The normalized spacial score (nSPS) is 12.4. The van der Waals surface area contributed by atoms with Gasteiger partial charge in [-0.05, 0) is 31.2 Å². The van der Waals surface area contributed by atoms with Crippen LogP contribution in [0.4, 0.5) is 13.2 Å². The Morgan fingerprint density at radius 2 is 1.90 bits per heavy atom. The van der Waals surface area contributed by atoms with Crippen LogP contribution >= 0.6 is 0 Å². The van der Waals surface area contributed by atoms with E-state index in [0.717, 1.165) is 6.07 Å². The van der Waals surface area contributed by atoms with E-state index in [4.69, 9.17) is 14.3 Å². The molecule has 0 aliphatic carbocycles. The summed E-state index contributed by atoms with van der Waals surface area (Å²) in [7, 11) is 0. The van der Waals surface area contributed by atoms with Crippen LogP contribution in [0.1, 0.15) is 6.92 Å². The first-order chi connectivity index (χ1) is 14.7. The molecule has 164 valence electrons. The summed E-state index contributed by atoms with van der Waals surface area (Å²) in [5.74, 6) is -0.722. The minimum absolute atomic E-state index is 0.0644. The second-order valence-electron chi connectivity index (χ2n) is 6.63. The minimum Gasteiger partial charge on any atom is -0.484 e. The predicted octanol–water partition coefficient (Wildman–Crippen LogP) is 3.23. The van der Waals surface area contributed by atoms with Crippen molar-refractivity contribution in [3.63, 3.8) is 0 Å². The van der Waals surface area contributed by atoms with Gasteiger partial charge in [-0.2, -0.15) is 0 Å². The molecule has 31 heavy (non-hydrogen) atoms. The highest BCUT2D eigenvalue weighted by molar-refractivity contribution is 5.84. The van der Waals surface area contributed by atoms with Crippen molar-refractivity contribution >= 4 is 16.9 Å². The third-order valence-electron chi connectivity index (χ3n) is 4.16. The van der Waals surface area contributed by atoms with Gasteiger partial charge in [0.25, 0.3) is 5.91 Å². The molecule has 1 heterocycles. The lowest BCUT2D eigenvalue weighted by atomic mass is 10.0. The third kappa shape index (κ3) is 5.76. The zero-order valence-electron chi connectivity index (χ0n) is 16.2. The molecule has 0 saturated carbocycles. The number of carbonyl (C=O) groups excluding carboxylic acids is 1. The fourth-order valence-corrected chi connectivity index (χ4v) is 2.78. The molecule has 0 spiro atoms. The lowest BCUT2D eigenvalue weighted by Gasteiger charge is -2.13. The lowest BCUT2D eigenvalue weighted by Crippen LogP contribution is -2.38. The molecule has 0 aliphatic rings. The number of aliphatic hydroxyl groups excluding tert-OH is 1. The standard InChI is InChI=1S/C21H18F3NO6/c1-12(10-26)25-19(27)11-29-14-7-6-13-8-16(20(28)30-18(13)9-14)15-4-2-3-5-17(15)31-21(22,23)24/h2-9,12,26H,10-11H2,1H3,(H,25,27). The number of hydrogen-bond donors (Lipinski definition) is 2. The summed E-state index contributed by atoms with van der Waals surface area (Å²) in [5.41, 5.74) is -0.897. The van der Waals surface area contributed by atoms with Crippen molar-refractivity contribution in [1.82, 2.24) is 5.32 Å². The van der Waals surface area contributed by atoms with Crippen LogP contribution in [-0.2, 0) is 4.79 Å². The van der Waals surface area contributed by atoms with Crippen molar-refractivity contribution in [1.29, 1.82) is 0 Å². The number of rotatable bonds is 7. The minimum atomic E-state index is -4.92. The molecule has 1 unspecified atom stereocenters. The zero-order chi connectivity index (χ0) is 22.6. The van der Waals surface area contributed by atoms with E-state index in [1.54, 1.807) is 13.0 Å². The number of benzene rings is 2. The van der Waals surface area contributed by atoms with Crippen molar-refractivity contribution in [2.45, 2.75) is 19.3 Å². The number of carbonyl (C=O) groups is 1. The molecule has 2 N–H and O–H groups in total.